The fourth-order valence-electron chi connectivity index (χ4n) is 3.50. The summed E-state index contributed by atoms with van der Waals surface area (Å²) in [5, 5.41) is 0.818. The van der Waals surface area contributed by atoms with Crippen LogP contribution in [0.4, 0.5) is 0 Å². The normalized spacial score (nSPS) is 17.2. The maximum absolute atomic E-state index is 13.2. The number of fused-ring (bicyclic) bond motifs is 2. The number of benzene rings is 2. The molecule has 5 nitrogen and oxygen atoms in total. The molecule has 0 spiro atoms. The van der Waals surface area contributed by atoms with Gasteiger partial charge in [-0.25, -0.2) is 8.42 Å². The molecule has 0 saturated carbocycles. The van der Waals surface area contributed by atoms with Crippen LogP contribution in [-0.4, -0.2) is 37.4 Å². The second-order valence-corrected chi connectivity index (χ2v) is 8.99. The largest absolute Gasteiger partial charge is 0.372 e. The molecule has 3 aromatic rings. The van der Waals surface area contributed by atoms with E-state index < -0.39 is 10.0 Å². The number of hydrogen-bond acceptors (Lipinski definition) is 4. The van der Waals surface area contributed by atoms with Gasteiger partial charge in [-0.05, 0) is 30.2 Å². The number of likely N-dealkylation sites (N-methyl/N-ethyl adjacent to an activating group) is 1. The summed E-state index contributed by atoms with van der Waals surface area (Å²) in [6.45, 7) is 2.68. The standard InChI is InChI=1S/C21H22N2O3S/c1-15-10-11-16-8-5-9-20(21(16)22-15)27(24,25)23(2)13-19-12-17-6-3-4-7-18(17)14-26-19/h3-11,19H,12-14H2,1-2H3. The van der Waals surface area contributed by atoms with Gasteiger partial charge in [-0.2, -0.15) is 4.31 Å². The monoisotopic (exact) mass is 382 g/mol. The summed E-state index contributed by atoms with van der Waals surface area (Å²) in [5.74, 6) is 0. The molecule has 2 aromatic carbocycles. The number of sulfonamides is 1. The summed E-state index contributed by atoms with van der Waals surface area (Å²) in [4.78, 5) is 4.70. The summed E-state index contributed by atoms with van der Waals surface area (Å²) >= 11 is 0. The minimum Gasteiger partial charge on any atom is -0.372 e. The molecule has 0 N–H and O–H groups in total. The lowest BCUT2D eigenvalue weighted by molar-refractivity contribution is 0.0202. The van der Waals surface area contributed by atoms with Crippen molar-refractivity contribution >= 4 is 20.9 Å². The van der Waals surface area contributed by atoms with E-state index in [1.165, 1.54) is 15.4 Å². The van der Waals surface area contributed by atoms with E-state index in [0.717, 1.165) is 11.1 Å². The van der Waals surface area contributed by atoms with Gasteiger partial charge in [-0.15, -0.1) is 0 Å². The van der Waals surface area contributed by atoms with Crippen molar-refractivity contribution < 1.29 is 13.2 Å². The van der Waals surface area contributed by atoms with E-state index in [9.17, 15) is 8.42 Å². The van der Waals surface area contributed by atoms with Gasteiger partial charge in [0.2, 0.25) is 10.0 Å². The van der Waals surface area contributed by atoms with E-state index in [2.05, 4.69) is 17.1 Å². The van der Waals surface area contributed by atoms with Crippen molar-refractivity contribution in [2.75, 3.05) is 13.6 Å². The highest BCUT2D eigenvalue weighted by Gasteiger charge is 2.28. The molecule has 6 heteroatoms. The zero-order chi connectivity index (χ0) is 19.0. The number of aryl methyl sites for hydroxylation is 1. The zero-order valence-corrected chi connectivity index (χ0v) is 16.2. The van der Waals surface area contributed by atoms with Crippen molar-refractivity contribution in [3.05, 3.63) is 71.4 Å². The third-order valence-corrected chi connectivity index (χ3v) is 6.87. The van der Waals surface area contributed by atoms with Crippen LogP contribution in [0.2, 0.25) is 0 Å². The van der Waals surface area contributed by atoms with Crippen molar-refractivity contribution in [1.82, 2.24) is 9.29 Å². The molecule has 0 fully saturated rings. The zero-order valence-electron chi connectivity index (χ0n) is 15.4. The van der Waals surface area contributed by atoms with E-state index in [-0.39, 0.29) is 11.0 Å². The second-order valence-electron chi connectivity index (χ2n) is 6.97. The van der Waals surface area contributed by atoms with Gasteiger partial charge in [0.1, 0.15) is 4.90 Å². The van der Waals surface area contributed by atoms with Gasteiger partial charge in [0.25, 0.3) is 0 Å². The Morgan fingerprint density at radius 3 is 2.67 bits per heavy atom. The Hall–Kier alpha value is -2.28. The summed E-state index contributed by atoms with van der Waals surface area (Å²) in [6.07, 6.45) is 0.549. The maximum Gasteiger partial charge on any atom is 0.245 e. The number of hydrogen-bond donors (Lipinski definition) is 0. The molecule has 1 atom stereocenters. The number of para-hydroxylation sites is 1. The topological polar surface area (TPSA) is 59.5 Å². The number of aromatic nitrogens is 1. The average molecular weight is 382 g/mol. The minimum atomic E-state index is -3.67. The van der Waals surface area contributed by atoms with Gasteiger partial charge in [0, 0.05) is 31.1 Å². The smallest absolute Gasteiger partial charge is 0.245 e. The molecule has 27 heavy (non-hydrogen) atoms. The van der Waals surface area contributed by atoms with Crippen molar-refractivity contribution in [3.8, 4) is 0 Å². The summed E-state index contributed by atoms with van der Waals surface area (Å²) in [5.41, 5.74) is 3.70. The first-order valence-corrected chi connectivity index (χ1v) is 10.4. The second kappa shape index (κ2) is 7.03. The molecule has 0 amide bonds. The minimum absolute atomic E-state index is 0.163. The van der Waals surface area contributed by atoms with Crippen LogP contribution in [0.15, 0.2) is 59.5 Å². The molecule has 2 heterocycles. The lowest BCUT2D eigenvalue weighted by atomic mass is 9.99. The van der Waals surface area contributed by atoms with E-state index >= 15 is 0 Å². The molecule has 1 aliphatic heterocycles. The van der Waals surface area contributed by atoms with Crippen LogP contribution < -0.4 is 0 Å². The lowest BCUT2D eigenvalue weighted by Crippen LogP contribution is -2.38. The van der Waals surface area contributed by atoms with Gasteiger partial charge in [0.15, 0.2) is 0 Å². The molecular formula is C21H22N2O3S. The predicted molar refractivity (Wildman–Crippen MR) is 105 cm³/mol. The Bertz CT molecular complexity index is 1100. The number of pyridine rings is 1. The van der Waals surface area contributed by atoms with Crippen molar-refractivity contribution in [2.45, 2.75) is 31.0 Å². The van der Waals surface area contributed by atoms with E-state index in [4.69, 9.17) is 4.74 Å². The molecule has 1 aliphatic rings. The fraction of sp³-hybridized carbons (Fsp3) is 0.286. The quantitative estimate of drug-likeness (QED) is 0.695. The van der Waals surface area contributed by atoms with Gasteiger partial charge in [-0.3, -0.25) is 4.98 Å². The van der Waals surface area contributed by atoms with Crippen LogP contribution in [0.1, 0.15) is 16.8 Å². The van der Waals surface area contributed by atoms with Crippen LogP contribution in [0.3, 0.4) is 0 Å². The average Bonchev–Trinajstić information content (AvgIpc) is 2.67. The van der Waals surface area contributed by atoms with Crippen molar-refractivity contribution in [3.63, 3.8) is 0 Å². The molecule has 0 saturated heterocycles. The molecule has 1 aromatic heterocycles. The Kier molecular flexibility index (Phi) is 4.72. The lowest BCUT2D eigenvalue weighted by Gasteiger charge is -2.28. The number of rotatable bonds is 4. The highest BCUT2D eigenvalue weighted by atomic mass is 32.2. The first kappa shape index (κ1) is 18.1. The molecular weight excluding hydrogens is 360 g/mol. The molecule has 0 bridgehead atoms. The fourth-order valence-corrected chi connectivity index (χ4v) is 4.86. The Morgan fingerprint density at radius 2 is 1.85 bits per heavy atom. The van der Waals surface area contributed by atoms with E-state index in [1.807, 2.05) is 37.3 Å². The van der Waals surface area contributed by atoms with Crippen LogP contribution >= 0.6 is 0 Å². The third-order valence-electron chi connectivity index (χ3n) is 5.01. The number of ether oxygens (including phenoxy) is 1. The van der Waals surface area contributed by atoms with Crippen LogP contribution in [-0.2, 0) is 27.8 Å². The predicted octanol–water partition coefficient (Wildman–Crippen LogP) is 3.31. The Labute approximate surface area is 159 Å². The van der Waals surface area contributed by atoms with Gasteiger partial charge in [0.05, 0.1) is 18.2 Å². The third kappa shape index (κ3) is 3.48. The summed E-state index contributed by atoms with van der Waals surface area (Å²) in [6, 6.07) is 17.2. The van der Waals surface area contributed by atoms with Crippen molar-refractivity contribution in [1.29, 1.82) is 0 Å². The van der Waals surface area contributed by atoms with Gasteiger partial charge >= 0.3 is 0 Å². The first-order chi connectivity index (χ1) is 12.9. The first-order valence-electron chi connectivity index (χ1n) is 8.96. The van der Waals surface area contributed by atoms with Gasteiger partial charge < -0.3 is 4.74 Å². The van der Waals surface area contributed by atoms with Crippen molar-refractivity contribution in [2.24, 2.45) is 0 Å². The molecule has 1 unspecified atom stereocenters. The van der Waals surface area contributed by atoms with Gasteiger partial charge in [-0.1, -0.05) is 42.5 Å². The molecule has 0 aliphatic carbocycles. The molecule has 0 radical (unpaired) electrons. The van der Waals surface area contributed by atoms with Crippen LogP contribution in [0, 0.1) is 6.92 Å². The van der Waals surface area contributed by atoms with E-state index in [0.29, 0.717) is 25.1 Å². The number of nitrogens with zero attached hydrogens (tertiary/aromatic N) is 2. The molecule has 140 valence electrons. The molecule has 4 rings (SSSR count). The summed E-state index contributed by atoms with van der Waals surface area (Å²) < 4.78 is 33.7. The maximum atomic E-state index is 13.2. The Balaban J connectivity index is 1.60. The van der Waals surface area contributed by atoms with E-state index in [1.54, 1.807) is 19.2 Å². The highest BCUT2D eigenvalue weighted by Crippen LogP contribution is 2.26. The highest BCUT2D eigenvalue weighted by molar-refractivity contribution is 7.89. The Morgan fingerprint density at radius 1 is 1.07 bits per heavy atom. The SMILES string of the molecule is Cc1ccc2cccc(S(=O)(=O)N(C)CC3Cc4ccccc4CO3)c2n1. The van der Waals surface area contributed by atoms with Crippen LogP contribution in [0.5, 0.6) is 0 Å². The van der Waals surface area contributed by atoms with Crippen LogP contribution in [0.25, 0.3) is 10.9 Å². The summed E-state index contributed by atoms with van der Waals surface area (Å²) in [7, 11) is -2.06.